The molecule has 0 bridgehead atoms. The summed E-state index contributed by atoms with van der Waals surface area (Å²) in [5.74, 6) is -0.955. The van der Waals surface area contributed by atoms with Crippen LogP contribution in [0.25, 0.3) is 0 Å². The molecule has 0 N–H and O–H groups in total. The molecular weight excluding hydrogens is 375 g/mol. The minimum Gasteiger partial charge on any atom is -0.496 e. The lowest BCUT2D eigenvalue weighted by molar-refractivity contribution is -0.180. The number of piperidine rings is 1. The topological polar surface area (TPSA) is 59.1 Å². The van der Waals surface area contributed by atoms with E-state index in [0.29, 0.717) is 13.0 Å². The molecule has 2 aliphatic rings. The van der Waals surface area contributed by atoms with Gasteiger partial charge in [0.15, 0.2) is 0 Å². The normalized spacial score (nSPS) is 24.2. The van der Waals surface area contributed by atoms with Crippen molar-refractivity contribution in [3.8, 4) is 5.75 Å². The van der Waals surface area contributed by atoms with Gasteiger partial charge in [-0.15, -0.1) is 0 Å². The van der Waals surface area contributed by atoms with Crippen molar-refractivity contribution in [3.63, 3.8) is 0 Å². The number of benzene rings is 2. The Balaban J connectivity index is 1.68. The predicted molar refractivity (Wildman–Crippen MR) is 104 cm³/mol. The number of methoxy groups -OCH3 is 1. The predicted octanol–water partition coefficient (Wildman–Crippen LogP) is 2.43. The minimum absolute atomic E-state index is 0.0409. The van der Waals surface area contributed by atoms with Crippen LogP contribution in [0.3, 0.4) is 0 Å². The molecule has 152 valence electrons. The number of carbonyl (C=O) groups excluding carboxylic acids is 2. The summed E-state index contributed by atoms with van der Waals surface area (Å²) >= 11 is 0. The summed E-state index contributed by atoms with van der Waals surface area (Å²) in [6.45, 7) is 0.576. The fourth-order valence-corrected chi connectivity index (χ4v) is 4.45. The summed E-state index contributed by atoms with van der Waals surface area (Å²) in [5.41, 5.74) is 0.228. The number of likely N-dealkylation sites (N-methyl/N-ethyl adjacent to an activating group) is 1. The number of amides is 2. The van der Waals surface area contributed by atoms with Crippen LogP contribution in [0.2, 0.25) is 0 Å². The van der Waals surface area contributed by atoms with Gasteiger partial charge in [-0.3, -0.25) is 9.59 Å². The Morgan fingerprint density at radius 3 is 2.69 bits per heavy atom. The highest BCUT2D eigenvalue weighted by Gasteiger charge is 2.53. The van der Waals surface area contributed by atoms with Crippen LogP contribution < -0.4 is 4.74 Å². The molecule has 0 radical (unpaired) electrons. The maximum absolute atomic E-state index is 14.4. The molecule has 2 aromatic rings. The number of carbonyl (C=O) groups is 2. The third-order valence-electron chi connectivity index (χ3n) is 6.03. The van der Waals surface area contributed by atoms with Crippen molar-refractivity contribution in [3.05, 3.63) is 65.5 Å². The summed E-state index contributed by atoms with van der Waals surface area (Å²) < 4.78 is 25.5. The van der Waals surface area contributed by atoms with Crippen molar-refractivity contribution in [1.82, 2.24) is 9.80 Å². The maximum atomic E-state index is 14.4. The standard InChI is InChI=1S/C22H23FN2O4/c1-24-19(26)14-29-18-13-25(12-11-22(18,24)15-7-4-3-5-8-15)21(27)20-16(23)9-6-10-17(20)28-2/h3-10,18H,11-14H2,1-2H3/t18-,22+/m1/s1. The van der Waals surface area contributed by atoms with E-state index >= 15 is 0 Å². The van der Waals surface area contributed by atoms with E-state index in [1.165, 1.54) is 19.2 Å². The first-order chi connectivity index (χ1) is 14.0. The molecule has 2 saturated heterocycles. The third-order valence-corrected chi connectivity index (χ3v) is 6.03. The average molecular weight is 398 g/mol. The second kappa shape index (κ2) is 7.48. The number of rotatable bonds is 3. The molecule has 29 heavy (non-hydrogen) atoms. The monoisotopic (exact) mass is 398 g/mol. The van der Waals surface area contributed by atoms with Crippen molar-refractivity contribution in [2.45, 2.75) is 18.1 Å². The lowest BCUT2D eigenvalue weighted by atomic mass is 9.76. The molecule has 2 atom stereocenters. The number of fused-ring (bicyclic) bond motifs is 1. The van der Waals surface area contributed by atoms with E-state index in [0.717, 1.165) is 5.56 Å². The van der Waals surface area contributed by atoms with E-state index in [-0.39, 0.29) is 30.4 Å². The molecule has 2 aliphatic heterocycles. The molecule has 6 nitrogen and oxygen atoms in total. The second-order valence-corrected chi connectivity index (χ2v) is 7.36. The Labute approximate surface area is 168 Å². The Kier molecular flexibility index (Phi) is 5.00. The summed E-state index contributed by atoms with van der Waals surface area (Å²) in [5, 5.41) is 0. The summed E-state index contributed by atoms with van der Waals surface area (Å²) in [6.07, 6.45) is 0.0787. The molecule has 2 fully saturated rings. The zero-order valence-corrected chi connectivity index (χ0v) is 16.4. The number of ether oxygens (including phenoxy) is 2. The molecule has 2 amide bonds. The highest BCUT2D eigenvalue weighted by Crippen LogP contribution is 2.42. The van der Waals surface area contributed by atoms with Crippen LogP contribution in [-0.4, -0.2) is 61.6 Å². The van der Waals surface area contributed by atoms with Gasteiger partial charge in [0.2, 0.25) is 5.91 Å². The van der Waals surface area contributed by atoms with Crippen LogP contribution in [0.1, 0.15) is 22.3 Å². The van der Waals surface area contributed by atoms with Gasteiger partial charge in [-0.2, -0.15) is 0 Å². The van der Waals surface area contributed by atoms with Crippen molar-refractivity contribution < 1.29 is 23.5 Å². The molecule has 4 rings (SSSR count). The average Bonchev–Trinajstić information content (AvgIpc) is 2.76. The molecule has 2 heterocycles. The molecule has 0 unspecified atom stereocenters. The third kappa shape index (κ3) is 3.06. The Hall–Kier alpha value is -2.93. The van der Waals surface area contributed by atoms with Gasteiger partial charge in [0.25, 0.3) is 5.91 Å². The number of hydrogen-bond donors (Lipinski definition) is 0. The van der Waals surface area contributed by atoms with Crippen LogP contribution in [0.15, 0.2) is 48.5 Å². The molecular formula is C22H23FN2O4. The van der Waals surface area contributed by atoms with Crippen LogP contribution in [-0.2, 0) is 15.1 Å². The SMILES string of the molecule is COc1cccc(F)c1C(=O)N1CC[C@]2(c3ccccc3)[C@@H](C1)OCC(=O)N2C. The first-order valence-corrected chi connectivity index (χ1v) is 9.54. The van der Waals surface area contributed by atoms with Crippen LogP contribution in [0, 0.1) is 5.82 Å². The van der Waals surface area contributed by atoms with E-state index in [1.54, 1.807) is 22.9 Å². The summed E-state index contributed by atoms with van der Waals surface area (Å²) in [4.78, 5) is 28.9. The van der Waals surface area contributed by atoms with Gasteiger partial charge >= 0.3 is 0 Å². The van der Waals surface area contributed by atoms with E-state index in [4.69, 9.17) is 9.47 Å². The van der Waals surface area contributed by atoms with Gasteiger partial charge in [0, 0.05) is 20.1 Å². The number of morpholine rings is 1. The molecule has 0 aromatic heterocycles. The zero-order chi connectivity index (χ0) is 20.6. The molecule has 7 heteroatoms. The van der Waals surface area contributed by atoms with Crippen LogP contribution in [0.4, 0.5) is 4.39 Å². The summed E-state index contributed by atoms with van der Waals surface area (Å²) in [7, 11) is 3.19. The van der Waals surface area contributed by atoms with Crippen molar-refractivity contribution in [2.75, 3.05) is 33.9 Å². The van der Waals surface area contributed by atoms with Gasteiger partial charge in [0.1, 0.15) is 29.8 Å². The fraction of sp³-hybridized carbons (Fsp3) is 0.364. The van der Waals surface area contributed by atoms with Crippen molar-refractivity contribution in [2.24, 2.45) is 0 Å². The first-order valence-electron chi connectivity index (χ1n) is 9.54. The quantitative estimate of drug-likeness (QED) is 0.797. The van der Waals surface area contributed by atoms with Crippen molar-refractivity contribution >= 4 is 11.8 Å². The first kappa shape index (κ1) is 19.4. The Morgan fingerprint density at radius 2 is 1.97 bits per heavy atom. The number of likely N-dealkylation sites (tertiary alicyclic amines) is 1. The van der Waals surface area contributed by atoms with Gasteiger partial charge in [-0.1, -0.05) is 36.4 Å². The van der Waals surface area contributed by atoms with Gasteiger partial charge in [-0.25, -0.2) is 4.39 Å². The second-order valence-electron chi connectivity index (χ2n) is 7.36. The molecule has 0 aliphatic carbocycles. The smallest absolute Gasteiger partial charge is 0.260 e. The number of halogens is 1. The van der Waals surface area contributed by atoms with Crippen LogP contribution in [0.5, 0.6) is 5.75 Å². The Morgan fingerprint density at radius 1 is 1.21 bits per heavy atom. The number of hydrogen-bond acceptors (Lipinski definition) is 4. The Bertz CT molecular complexity index is 936. The highest BCUT2D eigenvalue weighted by molar-refractivity contribution is 5.97. The van der Waals surface area contributed by atoms with E-state index in [1.807, 2.05) is 30.3 Å². The minimum atomic E-state index is -0.660. The van der Waals surface area contributed by atoms with Gasteiger partial charge in [0.05, 0.1) is 12.6 Å². The van der Waals surface area contributed by atoms with E-state index in [2.05, 4.69) is 0 Å². The van der Waals surface area contributed by atoms with E-state index in [9.17, 15) is 14.0 Å². The van der Waals surface area contributed by atoms with Gasteiger partial charge in [-0.05, 0) is 24.1 Å². The zero-order valence-electron chi connectivity index (χ0n) is 16.4. The van der Waals surface area contributed by atoms with E-state index < -0.39 is 23.4 Å². The lowest BCUT2D eigenvalue weighted by Crippen LogP contribution is -2.67. The maximum Gasteiger partial charge on any atom is 0.260 e. The van der Waals surface area contributed by atoms with Gasteiger partial charge < -0.3 is 19.3 Å². The molecule has 2 aromatic carbocycles. The molecule has 0 saturated carbocycles. The largest absolute Gasteiger partial charge is 0.496 e. The lowest BCUT2D eigenvalue weighted by Gasteiger charge is -2.54. The molecule has 0 spiro atoms. The highest BCUT2D eigenvalue weighted by atomic mass is 19.1. The number of nitrogens with zero attached hydrogens (tertiary/aromatic N) is 2. The van der Waals surface area contributed by atoms with Crippen molar-refractivity contribution in [1.29, 1.82) is 0 Å². The van der Waals surface area contributed by atoms with Crippen LogP contribution >= 0.6 is 0 Å². The fourth-order valence-electron chi connectivity index (χ4n) is 4.45. The summed E-state index contributed by atoms with van der Waals surface area (Å²) in [6, 6.07) is 14.0.